The number of ether oxygens (including phenoxy) is 4. The van der Waals surface area contributed by atoms with E-state index in [9.17, 15) is 9.59 Å². The van der Waals surface area contributed by atoms with Crippen LogP contribution in [0.5, 0.6) is 11.5 Å². The molecular weight excluding hydrogens is 528 g/mol. The molecule has 0 bridgehead atoms. The summed E-state index contributed by atoms with van der Waals surface area (Å²) in [4.78, 5) is 23.4. The molecule has 0 amide bonds. The zero-order valence-electron chi connectivity index (χ0n) is 24.9. The molecule has 0 unspecified atom stereocenters. The second-order valence-corrected chi connectivity index (χ2v) is 9.82. The van der Waals surface area contributed by atoms with Gasteiger partial charge in [0.25, 0.3) is 0 Å². The molecule has 0 radical (unpaired) electrons. The first-order chi connectivity index (χ1) is 19.9. The van der Waals surface area contributed by atoms with Gasteiger partial charge in [0, 0.05) is 11.1 Å². The highest BCUT2D eigenvalue weighted by Crippen LogP contribution is 2.25. The molecule has 0 aromatic heterocycles. The van der Waals surface area contributed by atoms with E-state index in [0.717, 1.165) is 22.3 Å². The Bertz CT molecular complexity index is 1550. The van der Waals surface area contributed by atoms with E-state index in [1.165, 1.54) is 0 Å². The van der Waals surface area contributed by atoms with Gasteiger partial charge in [-0.1, -0.05) is 73.8 Å². The van der Waals surface area contributed by atoms with Crippen molar-refractivity contribution in [2.45, 2.75) is 41.5 Å². The summed E-state index contributed by atoms with van der Waals surface area (Å²) in [6.45, 7) is 17.2. The van der Waals surface area contributed by atoms with Crippen molar-refractivity contribution in [1.82, 2.24) is 0 Å². The second-order valence-electron chi connectivity index (χ2n) is 9.82. The maximum Gasteiger partial charge on any atom is 0.338 e. The summed E-state index contributed by atoms with van der Waals surface area (Å²) in [6, 6.07) is 23.6. The third kappa shape index (κ3) is 9.24. The van der Waals surface area contributed by atoms with Gasteiger partial charge < -0.3 is 18.9 Å². The largest absolute Gasteiger partial charge is 0.459 e. The Labute approximate surface area is 247 Å². The van der Waals surface area contributed by atoms with Gasteiger partial charge in [0.15, 0.2) is 0 Å². The van der Waals surface area contributed by atoms with E-state index in [2.05, 4.69) is 37.4 Å². The number of esters is 2. The molecule has 216 valence electrons. The van der Waals surface area contributed by atoms with Gasteiger partial charge in [-0.05, 0) is 88.1 Å². The first-order valence-corrected chi connectivity index (χ1v) is 13.4. The normalized spacial score (nSPS) is 12.1. The average Bonchev–Trinajstić information content (AvgIpc) is 2.97. The van der Waals surface area contributed by atoms with Gasteiger partial charge in [0.2, 0.25) is 0 Å². The highest BCUT2D eigenvalue weighted by Gasteiger charge is 2.10. The summed E-state index contributed by atoms with van der Waals surface area (Å²) >= 11 is 0. The van der Waals surface area contributed by atoms with Crippen molar-refractivity contribution in [1.29, 1.82) is 0 Å². The summed E-state index contributed by atoms with van der Waals surface area (Å²) in [5.41, 5.74) is 4.86. The van der Waals surface area contributed by atoms with Gasteiger partial charge in [0.1, 0.15) is 34.5 Å². The molecule has 3 rings (SSSR count). The first kappa shape index (κ1) is 31.4. The smallest absolute Gasteiger partial charge is 0.338 e. The maximum absolute atomic E-state index is 11.7. The minimum Gasteiger partial charge on any atom is -0.459 e. The lowest BCUT2D eigenvalue weighted by Gasteiger charge is -2.11. The molecule has 0 saturated heterocycles. The Balaban J connectivity index is 1.59. The monoisotopic (exact) mass is 564 g/mol. The van der Waals surface area contributed by atoms with Crippen LogP contribution in [0.25, 0.3) is 23.3 Å². The average molecular weight is 565 g/mol. The van der Waals surface area contributed by atoms with E-state index in [-0.39, 0.29) is 0 Å². The Morgan fingerprint density at radius 3 is 1.17 bits per heavy atom. The zero-order chi connectivity index (χ0) is 30.8. The van der Waals surface area contributed by atoms with Crippen LogP contribution in [0.3, 0.4) is 0 Å². The SMILES string of the molecule is C=C(C)C(=O)O/C(C)=C(\C)Oc1ccc(/C=C/c2ccc(-c3ccc(O/C(C)=C(\C)OC(=O)C(=C)C)cc3)cc2)cc1. The van der Waals surface area contributed by atoms with Crippen molar-refractivity contribution >= 4 is 24.1 Å². The number of carbonyl (C=O) groups is 2. The van der Waals surface area contributed by atoms with Crippen LogP contribution in [0.2, 0.25) is 0 Å². The van der Waals surface area contributed by atoms with Gasteiger partial charge >= 0.3 is 11.9 Å². The molecule has 0 N–H and O–H groups in total. The van der Waals surface area contributed by atoms with Crippen molar-refractivity contribution in [2.75, 3.05) is 0 Å². The minimum absolute atomic E-state index is 0.327. The number of benzene rings is 3. The molecule has 42 heavy (non-hydrogen) atoms. The fraction of sp³-hybridized carbons (Fsp3) is 0.167. The fourth-order valence-electron chi connectivity index (χ4n) is 3.43. The quantitative estimate of drug-likeness (QED) is 0.100. The van der Waals surface area contributed by atoms with Gasteiger partial charge in [-0.15, -0.1) is 0 Å². The second kappa shape index (κ2) is 14.5. The van der Waals surface area contributed by atoms with E-state index < -0.39 is 11.9 Å². The minimum atomic E-state index is -0.480. The molecule has 3 aromatic rings. The predicted octanol–water partition coefficient (Wildman–Crippen LogP) is 9.02. The zero-order valence-corrected chi connectivity index (χ0v) is 24.9. The molecule has 0 aliphatic carbocycles. The van der Waals surface area contributed by atoms with E-state index >= 15 is 0 Å². The lowest BCUT2D eigenvalue weighted by Crippen LogP contribution is -2.06. The molecule has 0 fully saturated rings. The van der Waals surface area contributed by atoms with Crippen LogP contribution in [-0.2, 0) is 19.1 Å². The summed E-state index contributed by atoms with van der Waals surface area (Å²) in [7, 11) is 0. The van der Waals surface area contributed by atoms with Crippen LogP contribution in [0.1, 0.15) is 52.7 Å². The van der Waals surface area contributed by atoms with Crippen LogP contribution < -0.4 is 9.47 Å². The van der Waals surface area contributed by atoms with Crippen LogP contribution >= 0.6 is 0 Å². The standard InChI is InChI=1S/C36H36O6/c1-23(2)35(37)41-27(7)25(5)39-33-19-13-30(14-20-33)10-9-29-11-15-31(16-12-29)32-17-21-34(22-18-32)40-26(6)28(8)42-36(38)24(3)4/h9-22H,1,3H2,2,4-8H3/b10-9+,27-25+,28-26+. The number of allylic oxidation sites excluding steroid dienone is 4. The van der Waals surface area contributed by atoms with Crippen molar-refractivity contribution in [3.8, 4) is 22.6 Å². The van der Waals surface area contributed by atoms with Crippen LogP contribution in [0, 0.1) is 0 Å². The summed E-state index contributed by atoms with van der Waals surface area (Å²) in [5.74, 6) is 2.10. The Morgan fingerprint density at radius 2 is 0.810 bits per heavy atom. The van der Waals surface area contributed by atoms with Gasteiger partial charge in [0.05, 0.1) is 0 Å². The highest BCUT2D eigenvalue weighted by molar-refractivity contribution is 5.88. The third-order valence-corrected chi connectivity index (χ3v) is 6.17. The highest BCUT2D eigenvalue weighted by atomic mass is 16.6. The molecular formula is C36H36O6. The summed E-state index contributed by atoms with van der Waals surface area (Å²) in [6.07, 6.45) is 4.07. The van der Waals surface area contributed by atoms with Gasteiger partial charge in [-0.3, -0.25) is 0 Å². The van der Waals surface area contributed by atoms with E-state index in [1.807, 2.05) is 60.7 Å². The molecule has 0 atom stereocenters. The number of hydrogen-bond donors (Lipinski definition) is 0. The van der Waals surface area contributed by atoms with Crippen molar-refractivity contribution in [2.24, 2.45) is 0 Å². The Kier molecular flexibility index (Phi) is 10.9. The van der Waals surface area contributed by atoms with Crippen LogP contribution in [-0.4, -0.2) is 11.9 Å². The summed E-state index contributed by atoms with van der Waals surface area (Å²) in [5, 5.41) is 0. The van der Waals surface area contributed by atoms with Crippen LogP contribution in [0.15, 0.2) is 120 Å². The maximum atomic E-state index is 11.7. The number of rotatable bonds is 11. The summed E-state index contributed by atoms with van der Waals surface area (Å²) < 4.78 is 22.1. The Morgan fingerprint density at radius 1 is 0.500 bits per heavy atom. The number of hydrogen-bond acceptors (Lipinski definition) is 6. The lowest BCUT2D eigenvalue weighted by atomic mass is 10.0. The lowest BCUT2D eigenvalue weighted by molar-refractivity contribution is -0.136. The van der Waals surface area contributed by atoms with Crippen molar-refractivity contribution in [3.63, 3.8) is 0 Å². The van der Waals surface area contributed by atoms with Gasteiger partial charge in [-0.2, -0.15) is 0 Å². The topological polar surface area (TPSA) is 71.1 Å². The number of carbonyl (C=O) groups excluding carboxylic acids is 2. The van der Waals surface area contributed by atoms with E-state index in [4.69, 9.17) is 18.9 Å². The molecule has 0 heterocycles. The molecule has 0 spiro atoms. The van der Waals surface area contributed by atoms with Crippen molar-refractivity contribution < 1.29 is 28.5 Å². The fourth-order valence-corrected chi connectivity index (χ4v) is 3.43. The van der Waals surface area contributed by atoms with Gasteiger partial charge in [-0.25, -0.2) is 9.59 Å². The van der Waals surface area contributed by atoms with E-state index in [1.54, 1.807) is 41.5 Å². The predicted molar refractivity (Wildman–Crippen MR) is 167 cm³/mol. The molecule has 0 saturated carbocycles. The molecule has 6 nitrogen and oxygen atoms in total. The molecule has 0 aliphatic heterocycles. The Hall–Kier alpha value is -5.10. The van der Waals surface area contributed by atoms with E-state index in [0.29, 0.717) is 45.7 Å². The van der Waals surface area contributed by atoms with Crippen molar-refractivity contribution in [3.05, 3.63) is 131 Å². The third-order valence-electron chi connectivity index (χ3n) is 6.17. The molecule has 0 aliphatic rings. The molecule has 6 heteroatoms. The van der Waals surface area contributed by atoms with Crippen LogP contribution in [0.4, 0.5) is 0 Å². The molecule has 3 aromatic carbocycles. The first-order valence-electron chi connectivity index (χ1n) is 13.4.